The number of hydrogen-bond acceptors (Lipinski definition) is 3. The van der Waals surface area contributed by atoms with Crippen LogP contribution < -0.4 is 5.32 Å². The quantitative estimate of drug-likeness (QED) is 0.811. The van der Waals surface area contributed by atoms with Crippen molar-refractivity contribution in [3.63, 3.8) is 0 Å². The van der Waals surface area contributed by atoms with Crippen molar-refractivity contribution >= 4 is 17.2 Å². The molecule has 118 valence electrons. The second-order valence-electron chi connectivity index (χ2n) is 5.15. The van der Waals surface area contributed by atoms with Gasteiger partial charge in [-0.2, -0.15) is 13.2 Å². The third-order valence-corrected chi connectivity index (χ3v) is 4.51. The zero-order valence-corrected chi connectivity index (χ0v) is 12.6. The Morgan fingerprint density at radius 1 is 1.38 bits per heavy atom. The molecule has 1 saturated heterocycles. The predicted octanol–water partition coefficient (Wildman–Crippen LogP) is 3.69. The number of amides is 1. The molecule has 2 atom stereocenters. The first-order valence-corrected chi connectivity index (χ1v) is 7.97. The lowest BCUT2D eigenvalue weighted by atomic mass is 10.2. The van der Waals surface area contributed by atoms with Crippen molar-refractivity contribution in [1.29, 1.82) is 0 Å². The number of thiophene rings is 1. The van der Waals surface area contributed by atoms with Crippen LogP contribution in [0.1, 0.15) is 43.6 Å². The number of carbonyl (C=O) groups excluding carboxylic acids is 1. The Balaban J connectivity index is 1.95. The van der Waals surface area contributed by atoms with Gasteiger partial charge in [-0.05, 0) is 30.7 Å². The van der Waals surface area contributed by atoms with Gasteiger partial charge >= 0.3 is 6.18 Å². The lowest BCUT2D eigenvalue weighted by Gasteiger charge is -2.23. The van der Waals surface area contributed by atoms with Crippen molar-refractivity contribution in [3.8, 4) is 0 Å². The topological polar surface area (TPSA) is 32.3 Å². The van der Waals surface area contributed by atoms with Gasteiger partial charge in [-0.15, -0.1) is 11.3 Å². The third-order valence-electron chi connectivity index (χ3n) is 3.58. The monoisotopic (exact) mass is 320 g/mol. The van der Waals surface area contributed by atoms with Crippen molar-refractivity contribution < 1.29 is 18.0 Å². The Hall–Kier alpha value is -1.08. The molecule has 1 fully saturated rings. The molecule has 1 aliphatic rings. The maximum atomic E-state index is 12.3. The van der Waals surface area contributed by atoms with Crippen LogP contribution in [-0.4, -0.2) is 29.6 Å². The molecule has 2 heterocycles. The Morgan fingerprint density at radius 3 is 2.71 bits per heavy atom. The van der Waals surface area contributed by atoms with Crippen LogP contribution in [0.2, 0.25) is 0 Å². The summed E-state index contributed by atoms with van der Waals surface area (Å²) in [5.41, 5.74) is 0. The fourth-order valence-electron chi connectivity index (χ4n) is 2.50. The van der Waals surface area contributed by atoms with Crippen LogP contribution in [0.3, 0.4) is 0 Å². The van der Waals surface area contributed by atoms with E-state index in [1.807, 2.05) is 24.4 Å². The van der Waals surface area contributed by atoms with Crippen molar-refractivity contribution in [2.75, 3.05) is 6.54 Å². The molecule has 1 amide bonds. The van der Waals surface area contributed by atoms with Gasteiger partial charge in [0.25, 0.3) is 0 Å². The van der Waals surface area contributed by atoms with E-state index in [1.165, 1.54) is 0 Å². The van der Waals surface area contributed by atoms with Gasteiger partial charge in [0.05, 0.1) is 6.04 Å². The van der Waals surface area contributed by atoms with E-state index >= 15 is 0 Å². The highest BCUT2D eigenvalue weighted by Gasteiger charge is 2.38. The predicted molar refractivity (Wildman–Crippen MR) is 75.9 cm³/mol. The number of nitrogens with zero attached hydrogens (tertiary/aromatic N) is 1. The van der Waals surface area contributed by atoms with Gasteiger partial charge in [-0.3, -0.25) is 10.1 Å². The Labute approximate surface area is 126 Å². The first kappa shape index (κ1) is 16.3. The molecule has 0 saturated carbocycles. The molecule has 0 spiro atoms. The van der Waals surface area contributed by atoms with Crippen molar-refractivity contribution in [2.24, 2.45) is 0 Å². The fourth-order valence-corrected chi connectivity index (χ4v) is 3.30. The van der Waals surface area contributed by atoms with E-state index in [0.717, 1.165) is 4.88 Å². The van der Waals surface area contributed by atoms with Gasteiger partial charge in [0.1, 0.15) is 6.17 Å². The molecule has 1 aliphatic heterocycles. The van der Waals surface area contributed by atoms with E-state index in [-0.39, 0.29) is 24.5 Å². The fraction of sp³-hybridized carbons (Fsp3) is 0.643. The second kappa shape index (κ2) is 6.79. The summed E-state index contributed by atoms with van der Waals surface area (Å²) >= 11 is 1.55. The van der Waals surface area contributed by atoms with Crippen LogP contribution in [0.15, 0.2) is 17.5 Å². The molecule has 21 heavy (non-hydrogen) atoms. The number of nitrogens with one attached hydrogen (secondary N) is 1. The summed E-state index contributed by atoms with van der Waals surface area (Å²) in [4.78, 5) is 15.0. The molecule has 2 unspecified atom stereocenters. The van der Waals surface area contributed by atoms with E-state index < -0.39 is 12.6 Å². The highest BCUT2D eigenvalue weighted by molar-refractivity contribution is 7.10. The molecule has 1 aromatic rings. The van der Waals surface area contributed by atoms with Crippen molar-refractivity contribution in [1.82, 2.24) is 10.2 Å². The summed E-state index contributed by atoms with van der Waals surface area (Å²) in [7, 11) is 0. The number of halogens is 3. The molecular formula is C14H19F3N2OS. The van der Waals surface area contributed by atoms with E-state index in [0.29, 0.717) is 19.4 Å². The van der Waals surface area contributed by atoms with Crippen molar-refractivity contribution in [3.05, 3.63) is 22.4 Å². The summed E-state index contributed by atoms with van der Waals surface area (Å²) in [5, 5.41) is 5.20. The van der Waals surface area contributed by atoms with Gasteiger partial charge in [0.15, 0.2) is 0 Å². The SMILES string of the molecule is CCC1NC(c2cccs2)N(CCCCC(F)(F)F)C1=O. The normalized spacial score (nSPS) is 23.0. The zero-order chi connectivity index (χ0) is 15.5. The van der Waals surface area contributed by atoms with Crippen LogP contribution in [0.5, 0.6) is 0 Å². The number of hydrogen-bond donors (Lipinski definition) is 1. The molecular weight excluding hydrogens is 301 g/mol. The molecule has 0 aliphatic carbocycles. The maximum Gasteiger partial charge on any atom is 0.389 e. The highest BCUT2D eigenvalue weighted by Crippen LogP contribution is 2.30. The van der Waals surface area contributed by atoms with E-state index in [2.05, 4.69) is 5.32 Å². The lowest BCUT2D eigenvalue weighted by molar-refractivity contribution is -0.136. The summed E-state index contributed by atoms with van der Waals surface area (Å²) in [6, 6.07) is 3.61. The molecule has 2 rings (SSSR count). The van der Waals surface area contributed by atoms with E-state index in [4.69, 9.17) is 0 Å². The Bertz CT molecular complexity index is 461. The molecule has 7 heteroatoms. The number of unbranched alkanes of at least 4 members (excludes halogenated alkanes) is 1. The lowest BCUT2D eigenvalue weighted by Crippen LogP contribution is -2.31. The smallest absolute Gasteiger partial charge is 0.321 e. The largest absolute Gasteiger partial charge is 0.389 e. The average molecular weight is 320 g/mol. The molecule has 0 aromatic carbocycles. The first-order chi connectivity index (χ1) is 9.92. The molecule has 0 bridgehead atoms. The van der Waals surface area contributed by atoms with Crippen LogP contribution in [0.25, 0.3) is 0 Å². The Kier molecular flexibility index (Phi) is 5.27. The Morgan fingerprint density at radius 2 is 2.14 bits per heavy atom. The third kappa shape index (κ3) is 4.20. The minimum Gasteiger partial charge on any atom is -0.321 e. The van der Waals surface area contributed by atoms with Gasteiger partial charge in [-0.1, -0.05) is 13.0 Å². The maximum absolute atomic E-state index is 12.3. The minimum atomic E-state index is -4.12. The van der Waals surface area contributed by atoms with Gasteiger partial charge in [0, 0.05) is 17.8 Å². The van der Waals surface area contributed by atoms with Crippen molar-refractivity contribution in [2.45, 2.75) is 51.0 Å². The average Bonchev–Trinajstić information content (AvgIpc) is 3.02. The van der Waals surface area contributed by atoms with Crippen LogP contribution in [0, 0.1) is 0 Å². The van der Waals surface area contributed by atoms with Crippen LogP contribution in [-0.2, 0) is 4.79 Å². The van der Waals surface area contributed by atoms with E-state index in [9.17, 15) is 18.0 Å². The number of alkyl halides is 3. The standard InChI is InChI=1S/C14H19F3N2OS/c1-2-10-13(20)19(8-4-3-7-14(15,16)17)12(18-10)11-6-5-9-21-11/h5-6,9-10,12,18H,2-4,7-8H2,1H3. The molecule has 1 aromatic heterocycles. The van der Waals surface area contributed by atoms with Gasteiger partial charge in [0.2, 0.25) is 5.91 Å². The molecule has 3 nitrogen and oxygen atoms in total. The zero-order valence-electron chi connectivity index (χ0n) is 11.8. The van der Waals surface area contributed by atoms with Crippen LogP contribution in [0.4, 0.5) is 13.2 Å². The molecule has 0 radical (unpaired) electrons. The first-order valence-electron chi connectivity index (χ1n) is 7.09. The molecule has 1 N–H and O–H groups in total. The number of rotatable bonds is 6. The number of carbonyl (C=O) groups is 1. The highest BCUT2D eigenvalue weighted by atomic mass is 32.1. The second-order valence-corrected chi connectivity index (χ2v) is 6.13. The summed E-state index contributed by atoms with van der Waals surface area (Å²) in [6.07, 6.45) is -4.00. The summed E-state index contributed by atoms with van der Waals surface area (Å²) in [6.45, 7) is 2.29. The van der Waals surface area contributed by atoms with Gasteiger partial charge < -0.3 is 4.90 Å². The van der Waals surface area contributed by atoms with E-state index in [1.54, 1.807) is 16.2 Å². The summed E-state index contributed by atoms with van der Waals surface area (Å²) in [5.74, 6) is -0.0112. The summed E-state index contributed by atoms with van der Waals surface area (Å²) < 4.78 is 36.5. The van der Waals surface area contributed by atoms with Gasteiger partial charge in [-0.25, -0.2) is 0 Å². The van der Waals surface area contributed by atoms with Crippen LogP contribution >= 0.6 is 11.3 Å². The minimum absolute atomic E-state index is 0.0112.